The Kier molecular flexibility index (Phi) is 5.06. The van der Waals surface area contributed by atoms with Gasteiger partial charge in [0.05, 0.1) is 17.4 Å². The molecule has 3 rings (SSSR count). The molecule has 7 heteroatoms. The average Bonchev–Trinajstić information content (AvgIpc) is 3.22. The van der Waals surface area contributed by atoms with Gasteiger partial charge in [0.25, 0.3) is 5.91 Å². The predicted octanol–water partition coefficient (Wildman–Crippen LogP) is 3.65. The third-order valence-electron chi connectivity index (χ3n) is 4.13. The summed E-state index contributed by atoms with van der Waals surface area (Å²) < 4.78 is 12.9. The largest absolute Gasteiger partial charge is 0.488 e. The van der Waals surface area contributed by atoms with Crippen LogP contribution in [0.1, 0.15) is 39.9 Å². The van der Waals surface area contributed by atoms with Crippen molar-refractivity contribution in [2.24, 2.45) is 0 Å². The van der Waals surface area contributed by atoms with Gasteiger partial charge in [-0.2, -0.15) is 5.10 Å². The number of hydrogen-bond donors (Lipinski definition) is 1. The molecule has 26 heavy (non-hydrogen) atoms. The van der Waals surface area contributed by atoms with Gasteiger partial charge in [-0.25, -0.2) is 0 Å². The monoisotopic (exact) mass is 354 g/mol. The molecule has 7 nitrogen and oxygen atoms in total. The summed E-state index contributed by atoms with van der Waals surface area (Å²) in [7, 11) is 0. The van der Waals surface area contributed by atoms with Crippen molar-refractivity contribution < 1.29 is 14.1 Å². The molecule has 3 aromatic rings. The molecule has 0 saturated carbocycles. The number of nitrogens with zero attached hydrogens (tertiary/aromatic N) is 3. The molecule has 0 aliphatic carbocycles. The summed E-state index contributed by atoms with van der Waals surface area (Å²) in [6.07, 6.45) is 3.36. The molecule has 0 aliphatic heterocycles. The van der Waals surface area contributed by atoms with Crippen LogP contribution in [-0.2, 0) is 13.2 Å². The van der Waals surface area contributed by atoms with E-state index in [1.54, 1.807) is 24.0 Å². The highest BCUT2D eigenvalue weighted by atomic mass is 16.5. The fraction of sp³-hybridized carbons (Fsp3) is 0.316. The third kappa shape index (κ3) is 3.77. The van der Waals surface area contributed by atoms with Gasteiger partial charge in [0, 0.05) is 12.7 Å². The first-order valence-corrected chi connectivity index (χ1v) is 8.47. The summed E-state index contributed by atoms with van der Waals surface area (Å²) in [6.45, 7) is 8.66. The second-order valence-electron chi connectivity index (χ2n) is 6.16. The number of aromatic nitrogens is 3. The van der Waals surface area contributed by atoms with E-state index in [1.807, 2.05) is 39.0 Å². The first-order valence-electron chi connectivity index (χ1n) is 8.47. The Morgan fingerprint density at radius 1 is 1.31 bits per heavy atom. The molecule has 1 aromatic carbocycles. The van der Waals surface area contributed by atoms with Crippen LogP contribution < -0.4 is 10.1 Å². The van der Waals surface area contributed by atoms with Crippen LogP contribution >= 0.6 is 0 Å². The van der Waals surface area contributed by atoms with E-state index < -0.39 is 0 Å². The maximum absolute atomic E-state index is 12.6. The van der Waals surface area contributed by atoms with Gasteiger partial charge in [0.1, 0.15) is 18.1 Å². The molecule has 2 heterocycles. The number of rotatable bonds is 6. The summed E-state index contributed by atoms with van der Waals surface area (Å²) >= 11 is 0. The molecule has 0 radical (unpaired) electrons. The molecule has 1 amide bonds. The molecule has 2 aromatic heterocycles. The number of anilines is 1. The number of carbonyl (C=O) groups is 1. The number of benzene rings is 1. The molecule has 1 N–H and O–H groups in total. The number of aryl methyl sites for hydroxylation is 4. The molecule has 0 saturated heterocycles. The van der Waals surface area contributed by atoms with Crippen molar-refractivity contribution in [1.82, 2.24) is 14.9 Å². The zero-order valence-electron chi connectivity index (χ0n) is 15.4. The van der Waals surface area contributed by atoms with Gasteiger partial charge in [-0.1, -0.05) is 17.3 Å². The first-order chi connectivity index (χ1) is 12.5. The number of hydrogen-bond acceptors (Lipinski definition) is 5. The molecule has 0 fully saturated rings. The normalized spacial score (nSPS) is 10.8. The van der Waals surface area contributed by atoms with Crippen LogP contribution in [-0.4, -0.2) is 20.8 Å². The van der Waals surface area contributed by atoms with Crippen LogP contribution in [0.3, 0.4) is 0 Å². The standard InChI is InChI=1S/C19H22N4O3/c1-5-23-10-15(9-20-23)21-19(24)18-16(14(4)26-22-18)11-25-17-8-12(2)6-7-13(17)3/h6-10H,5,11H2,1-4H3,(H,21,24). The molecule has 0 atom stereocenters. The molecular weight excluding hydrogens is 332 g/mol. The lowest BCUT2D eigenvalue weighted by atomic mass is 10.1. The minimum Gasteiger partial charge on any atom is -0.488 e. The van der Waals surface area contributed by atoms with E-state index in [2.05, 4.69) is 15.6 Å². The van der Waals surface area contributed by atoms with Gasteiger partial charge in [0.2, 0.25) is 0 Å². The van der Waals surface area contributed by atoms with Gasteiger partial charge >= 0.3 is 0 Å². The lowest BCUT2D eigenvalue weighted by Crippen LogP contribution is -2.15. The highest BCUT2D eigenvalue weighted by molar-refractivity contribution is 6.03. The summed E-state index contributed by atoms with van der Waals surface area (Å²) in [5.41, 5.74) is 3.60. The lowest BCUT2D eigenvalue weighted by Gasteiger charge is -2.10. The fourth-order valence-corrected chi connectivity index (χ4v) is 2.54. The molecule has 0 unspecified atom stereocenters. The maximum Gasteiger partial charge on any atom is 0.278 e. The SMILES string of the molecule is CCn1cc(NC(=O)c2noc(C)c2COc2cc(C)ccc2C)cn1. The minimum atomic E-state index is -0.350. The van der Waals surface area contributed by atoms with E-state index >= 15 is 0 Å². The summed E-state index contributed by atoms with van der Waals surface area (Å²) in [4.78, 5) is 12.6. The van der Waals surface area contributed by atoms with Crippen molar-refractivity contribution in [3.63, 3.8) is 0 Å². The smallest absolute Gasteiger partial charge is 0.278 e. The topological polar surface area (TPSA) is 82.2 Å². The van der Waals surface area contributed by atoms with E-state index in [4.69, 9.17) is 9.26 Å². The van der Waals surface area contributed by atoms with E-state index in [1.165, 1.54) is 0 Å². The molecule has 0 spiro atoms. The second-order valence-corrected chi connectivity index (χ2v) is 6.16. The van der Waals surface area contributed by atoms with Crippen molar-refractivity contribution in [3.05, 3.63) is 58.7 Å². The Morgan fingerprint density at radius 3 is 2.85 bits per heavy atom. The predicted molar refractivity (Wildman–Crippen MR) is 97.3 cm³/mol. The summed E-state index contributed by atoms with van der Waals surface area (Å²) in [5, 5.41) is 10.8. The van der Waals surface area contributed by atoms with Crippen molar-refractivity contribution in [2.45, 2.75) is 40.8 Å². The van der Waals surface area contributed by atoms with Crippen LogP contribution in [0.2, 0.25) is 0 Å². The highest BCUT2D eigenvalue weighted by Crippen LogP contribution is 2.23. The highest BCUT2D eigenvalue weighted by Gasteiger charge is 2.21. The van der Waals surface area contributed by atoms with E-state index in [0.29, 0.717) is 17.0 Å². The minimum absolute atomic E-state index is 0.205. The van der Waals surface area contributed by atoms with Crippen molar-refractivity contribution in [2.75, 3.05) is 5.32 Å². The van der Waals surface area contributed by atoms with Crippen LogP contribution in [0.25, 0.3) is 0 Å². The van der Waals surface area contributed by atoms with Crippen LogP contribution in [0.15, 0.2) is 35.1 Å². The van der Waals surface area contributed by atoms with Crippen LogP contribution in [0.5, 0.6) is 5.75 Å². The lowest BCUT2D eigenvalue weighted by molar-refractivity contribution is 0.101. The van der Waals surface area contributed by atoms with Crippen molar-refractivity contribution in [1.29, 1.82) is 0 Å². The zero-order chi connectivity index (χ0) is 18.7. The fourth-order valence-electron chi connectivity index (χ4n) is 2.54. The first kappa shape index (κ1) is 17.7. The van der Waals surface area contributed by atoms with E-state index in [-0.39, 0.29) is 18.2 Å². The Bertz CT molecular complexity index is 927. The average molecular weight is 354 g/mol. The summed E-state index contributed by atoms with van der Waals surface area (Å²) in [5.74, 6) is 0.989. The van der Waals surface area contributed by atoms with Crippen molar-refractivity contribution >= 4 is 11.6 Å². The third-order valence-corrected chi connectivity index (χ3v) is 4.13. The van der Waals surface area contributed by atoms with Gasteiger partial charge < -0.3 is 14.6 Å². The zero-order valence-corrected chi connectivity index (χ0v) is 15.4. The van der Waals surface area contributed by atoms with Gasteiger partial charge in [0.15, 0.2) is 5.69 Å². The number of nitrogens with one attached hydrogen (secondary N) is 1. The van der Waals surface area contributed by atoms with Crippen molar-refractivity contribution in [3.8, 4) is 5.75 Å². The van der Waals surface area contributed by atoms with Crippen LogP contribution in [0, 0.1) is 20.8 Å². The Labute approximate surface area is 151 Å². The molecule has 0 bridgehead atoms. The molecule has 136 valence electrons. The van der Waals surface area contributed by atoms with Gasteiger partial charge in [-0.05, 0) is 44.9 Å². The second kappa shape index (κ2) is 7.43. The summed E-state index contributed by atoms with van der Waals surface area (Å²) in [6, 6.07) is 6.00. The Morgan fingerprint density at radius 2 is 2.12 bits per heavy atom. The Balaban J connectivity index is 1.75. The van der Waals surface area contributed by atoms with Gasteiger partial charge in [-0.3, -0.25) is 9.48 Å². The van der Waals surface area contributed by atoms with E-state index in [0.717, 1.165) is 23.4 Å². The number of amides is 1. The van der Waals surface area contributed by atoms with Gasteiger partial charge in [-0.15, -0.1) is 0 Å². The van der Waals surface area contributed by atoms with E-state index in [9.17, 15) is 4.79 Å². The maximum atomic E-state index is 12.6. The number of carbonyl (C=O) groups excluding carboxylic acids is 1. The molecular formula is C19H22N4O3. The Hall–Kier alpha value is -3.09. The number of ether oxygens (including phenoxy) is 1. The van der Waals surface area contributed by atoms with Crippen LogP contribution in [0.4, 0.5) is 5.69 Å². The quantitative estimate of drug-likeness (QED) is 0.731. The molecule has 0 aliphatic rings.